The number of hydrogen-bond acceptors (Lipinski definition) is 2. The van der Waals surface area contributed by atoms with Crippen molar-refractivity contribution in [2.75, 3.05) is 6.54 Å². The summed E-state index contributed by atoms with van der Waals surface area (Å²) in [5.74, 6) is 2.76. The van der Waals surface area contributed by atoms with E-state index in [9.17, 15) is 0 Å². The lowest BCUT2D eigenvalue weighted by molar-refractivity contribution is 0.767. The Hall–Kier alpha value is -0.680. The molecule has 46 valence electrons. The summed E-state index contributed by atoms with van der Waals surface area (Å²) in [6, 6.07) is 2.34. The predicted octanol–water partition coefficient (Wildman–Crippen LogP) is 0.0350. The van der Waals surface area contributed by atoms with E-state index in [1.54, 1.807) is 0 Å². The van der Waals surface area contributed by atoms with Gasteiger partial charge in [-0.05, 0) is 19.4 Å². The van der Waals surface area contributed by atoms with Crippen LogP contribution in [-0.2, 0) is 0 Å². The van der Waals surface area contributed by atoms with E-state index in [1.165, 1.54) is 0 Å². The molecule has 0 heterocycles. The molecule has 0 saturated carbocycles. The maximum absolute atomic E-state index is 5.23. The second kappa shape index (κ2) is 6.32. The molecule has 0 amide bonds. The van der Waals surface area contributed by atoms with Gasteiger partial charge in [-0.25, -0.2) is 0 Å². The average molecular weight is 112 g/mol. The van der Waals surface area contributed by atoms with Gasteiger partial charge in [0.2, 0.25) is 0 Å². The van der Waals surface area contributed by atoms with E-state index in [1.807, 2.05) is 0 Å². The van der Waals surface area contributed by atoms with Crippen molar-refractivity contribution in [2.24, 2.45) is 11.5 Å². The van der Waals surface area contributed by atoms with Crippen LogP contribution in [0, 0.1) is 12.0 Å². The summed E-state index contributed by atoms with van der Waals surface area (Å²) in [6.07, 6.45) is 3.00. The lowest BCUT2D eigenvalue weighted by atomic mass is 10.2. The Bertz CT molecular complexity index is 88.4. The Kier molecular flexibility index (Phi) is 5.78. The van der Waals surface area contributed by atoms with E-state index >= 15 is 0 Å². The zero-order valence-corrected chi connectivity index (χ0v) is 4.98. The van der Waals surface area contributed by atoms with Gasteiger partial charge in [0.1, 0.15) is 0 Å². The number of hydrogen-bond donors (Lipinski definition) is 2. The quantitative estimate of drug-likeness (QED) is 0.307. The molecule has 0 saturated heterocycles. The van der Waals surface area contributed by atoms with E-state index < -0.39 is 0 Å². The zero-order chi connectivity index (χ0) is 6.24. The van der Waals surface area contributed by atoms with Crippen LogP contribution < -0.4 is 11.5 Å². The molecule has 0 spiro atoms. The zero-order valence-electron chi connectivity index (χ0n) is 4.98. The van der Waals surface area contributed by atoms with Crippen LogP contribution in [0.4, 0.5) is 0 Å². The lowest BCUT2D eigenvalue weighted by Gasteiger charge is -1.87. The fourth-order valence-corrected chi connectivity index (χ4v) is 0.430. The van der Waals surface area contributed by atoms with Crippen LogP contribution >= 0.6 is 0 Å². The third-order valence-electron chi connectivity index (χ3n) is 0.858. The molecule has 0 aliphatic heterocycles. The van der Waals surface area contributed by atoms with Gasteiger partial charge in [0, 0.05) is 12.5 Å². The van der Waals surface area contributed by atoms with Gasteiger partial charge >= 0.3 is 0 Å². The predicted molar refractivity (Wildman–Crippen MR) is 34.9 cm³/mol. The topological polar surface area (TPSA) is 52.0 Å². The molecule has 0 radical (unpaired) electrons. The van der Waals surface area contributed by atoms with Crippen LogP contribution in [0.25, 0.3) is 0 Å². The minimum atomic E-state index is 0.756. The van der Waals surface area contributed by atoms with Gasteiger partial charge in [0.25, 0.3) is 0 Å². The molecule has 0 aromatic carbocycles. The Labute approximate surface area is 50.2 Å². The summed E-state index contributed by atoms with van der Waals surface area (Å²) in [7, 11) is 0. The second-order valence-electron chi connectivity index (χ2n) is 1.57. The minimum Gasteiger partial charge on any atom is -0.359 e. The highest BCUT2D eigenvalue weighted by Crippen LogP contribution is 1.89. The first-order valence-electron chi connectivity index (χ1n) is 2.80. The van der Waals surface area contributed by atoms with Gasteiger partial charge in [0.15, 0.2) is 0 Å². The number of unbranched alkanes of at least 4 members (excludes halogenated alkanes) is 2. The standard InChI is InChI=1S/C6H12N2/c7-5-3-1-2-4-6-8/h1-3,5,7-8H2. The van der Waals surface area contributed by atoms with Crippen molar-refractivity contribution in [2.45, 2.75) is 19.3 Å². The fourth-order valence-electron chi connectivity index (χ4n) is 0.430. The van der Waals surface area contributed by atoms with Gasteiger partial charge in [0.05, 0.1) is 0 Å². The fraction of sp³-hybridized carbons (Fsp3) is 0.667. The normalized spacial score (nSPS) is 7.62. The molecule has 0 aliphatic rings. The molecule has 2 nitrogen and oxygen atoms in total. The van der Waals surface area contributed by atoms with Crippen LogP contribution in [0.3, 0.4) is 0 Å². The van der Waals surface area contributed by atoms with Crippen LogP contribution in [0.5, 0.6) is 0 Å². The van der Waals surface area contributed by atoms with E-state index in [0.717, 1.165) is 25.8 Å². The minimum absolute atomic E-state index is 0.756. The third-order valence-corrected chi connectivity index (χ3v) is 0.858. The molecular formula is C6H12N2. The largest absolute Gasteiger partial charge is 0.359 e. The Morgan fingerprint density at radius 2 is 2.00 bits per heavy atom. The molecule has 8 heavy (non-hydrogen) atoms. The summed E-state index contributed by atoms with van der Waals surface area (Å²) in [4.78, 5) is 0. The summed E-state index contributed by atoms with van der Waals surface area (Å²) >= 11 is 0. The average Bonchev–Trinajstić information content (AvgIpc) is 1.81. The van der Waals surface area contributed by atoms with Gasteiger partial charge in [-0.2, -0.15) is 0 Å². The molecular weight excluding hydrogens is 100 g/mol. The molecule has 0 fully saturated rings. The summed E-state index contributed by atoms with van der Waals surface area (Å²) in [5, 5.41) is 0. The molecule has 0 rings (SSSR count). The second-order valence-corrected chi connectivity index (χ2v) is 1.57. The molecule has 0 aromatic rings. The van der Waals surface area contributed by atoms with Crippen molar-refractivity contribution in [1.29, 1.82) is 0 Å². The smallest absolute Gasteiger partial charge is 0.0107 e. The SMILES string of the molecule is NC#CCCCCN. The molecule has 0 aromatic heterocycles. The van der Waals surface area contributed by atoms with Crippen molar-refractivity contribution in [3.8, 4) is 12.0 Å². The van der Waals surface area contributed by atoms with Crippen molar-refractivity contribution < 1.29 is 0 Å². The third kappa shape index (κ3) is 5.32. The highest BCUT2D eigenvalue weighted by Gasteiger charge is 1.78. The van der Waals surface area contributed by atoms with Crippen molar-refractivity contribution >= 4 is 0 Å². The maximum Gasteiger partial charge on any atom is 0.0107 e. The number of nitrogens with two attached hydrogens (primary N) is 2. The number of rotatable bonds is 3. The summed E-state index contributed by atoms with van der Waals surface area (Å²) in [5.41, 5.74) is 10.1. The highest BCUT2D eigenvalue weighted by molar-refractivity contribution is 4.93. The first kappa shape index (κ1) is 7.32. The van der Waals surface area contributed by atoms with Crippen LogP contribution in [-0.4, -0.2) is 6.54 Å². The molecule has 4 N–H and O–H groups in total. The van der Waals surface area contributed by atoms with Crippen molar-refractivity contribution in [3.05, 3.63) is 0 Å². The van der Waals surface area contributed by atoms with Crippen LogP contribution in [0.2, 0.25) is 0 Å². The van der Waals surface area contributed by atoms with E-state index in [-0.39, 0.29) is 0 Å². The van der Waals surface area contributed by atoms with Crippen LogP contribution in [0.15, 0.2) is 0 Å². The first-order chi connectivity index (χ1) is 3.91. The van der Waals surface area contributed by atoms with Crippen LogP contribution in [0.1, 0.15) is 19.3 Å². The lowest BCUT2D eigenvalue weighted by Crippen LogP contribution is -1.97. The van der Waals surface area contributed by atoms with E-state index in [2.05, 4.69) is 12.0 Å². The first-order valence-corrected chi connectivity index (χ1v) is 2.80. The Balaban J connectivity index is 2.79. The maximum atomic E-state index is 5.23. The van der Waals surface area contributed by atoms with Crippen molar-refractivity contribution in [1.82, 2.24) is 0 Å². The van der Waals surface area contributed by atoms with E-state index in [0.29, 0.717) is 0 Å². The van der Waals surface area contributed by atoms with Gasteiger partial charge < -0.3 is 11.5 Å². The molecule has 0 aliphatic carbocycles. The highest BCUT2D eigenvalue weighted by atomic mass is 14.5. The van der Waals surface area contributed by atoms with Crippen molar-refractivity contribution in [3.63, 3.8) is 0 Å². The van der Waals surface area contributed by atoms with E-state index in [4.69, 9.17) is 11.5 Å². The Morgan fingerprint density at radius 1 is 1.25 bits per heavy atom. The summed E-state index contributed by atoms with van der Waals surface area (Å²) in [6.45, 7) is 0.756. The van der Waals surface area contributed by atoms with Gasteiger partial charge in [-0.3, -0.25) is 0 Å². The molecule has 0 atom stereocenters. The molecule has 0 unspecified atom stereocenters. The van der Waals surface area contributed by atoms with Gasteiger partial charge in [-0.15, -0.1) is 0 Å². The van der Waals surface area contributed by atoms with Gasteiger partial charge in [-0.1, -0.05) is 5.92 Å². The monoisotopic (exact) mass is 112 g/mol. The molecule has 0 bridgehead atoms. The molecule has 2 heteroatoms. The Morgan fingerprint density at radius 3 is 2.50 bits per heavy atom. The summed E-state index contributed by atoms with van der Waals surface area (Å²) < 4.78 is 0.